The molecule has 0 saturated carbocycles. The molecule has 0 aliphatic rings. The van der Waals surface area contributed by atoms with Crippen LogP contribution in [0.2, 0.25) is 0 Å². The molecule has 0 spiro atoms. The van der Waals surface area contributed by atoms with Gasteiger partial charge in [-0.2, -0.15) is 0 Å². The lowest BCUT2D eigenvalue weighted by molar-refractivity contribution is -0.124. The van der Waals surface area contributed by atoms with Crippen LogP contribution < -0.4 is 10.6 Å². The van der Waals surface area contributed by atoms with Gasteiger partial charge in [0.15, 0.2) is 0 Å². The molecule has 0 atom stereocenters. The molecule has 2 aromatic rings. The van der Waals surface area contributed by atoms with Gasteiger partial charge < -0.3 is 10.6 Å². The third-order valence-corrected chi connectivity index (χ3v) is 5.36. The van der Waals surface area contributed by atoms with Gasteiger partial charge in [-0.15, -0.1) is 0 Å². The van der Waals surface area contributed by atoms with Gasteiger partial charge in [0.25, 0.3) is 0 Å². The molecule has 0 heterocycles. The Hall–Kier alpha value is -2.27. The summed E-state index contributed by atoms with van der Waals surface area (Å²) in [6.07, 6.45) is 0. The zero-order valence-electron chi connectivity index (χ0n) is 16.4. The van der Waals surface area contributed by atoms with Gasteiger partial charge in [0.1, 0.15) is 0 Å². The van der Waals surface area contributed by atoms with E-state index in [0.717, 1.165) is 20.9 Å². The highest BCUT2D eigenvalue weighted by Gasteiger charge is 2.12. The number of carbonyl (C=O) groups excluding carboxylic acids is 2. The van der Waals surface area contributed by atoms with Gasteiger partial charge in [0, 0.05) is 34.7 Å². The summed E-state index contributed by atoms with van der Waals surface area (Å²) >= 11 is 1.66. The molecule has 2 amide bonds. The van der Waals surface area contributed by atoms with Crippen molar-refractivity contribution in [3.63, 3.8) is 0 Å². The molecule has 0 bridgehead atoms. The fourth-order valence-electron chi connectivity index (χ4n) is 2.39. The van der Waals surface area contributed by atoms with Gasteiger partial charge in [-0.3, -0.25) is 9.59 Å². The van der Waals surface area contributed by atoms with Crippen LogP contribution in [0.1, 0.15) is 38.8 Å². The van der Waals surface area contributed by atoms with Crippen LogP contribution in [0.4, 0.5) is 0 Å². The summed E-state index contributed by atoms with van der Waals surface area (Å²) in [4.78, 5) is 26.0. The normalized spacial score (nSPS) is 10.9. The van der Waals surface area contributed by atoms with E-state index in [0.29, 0.717) is 13.1 Å². The van der Waals surface area contributed by atoms with E-state index in [9.17, 15) is 9.59 Å². The maximum absolute atomic E-state index is 11.9. The van der Waals surface area contributed by atoms with E-state index in [1.54, 1.807) is 11.8 Å². The summed E-state index contributed by atoms with van der Waals surface area (Å²) in [5.41, 5.74) is 2.16. The molecule has 0 aromatic heterocycles. The first-order valence-corrected chi connectivity index (χ1v) is 10.1. The molecule has 0 aliphatic carbocycles. The maximum Gasteiger partial charge on any atom is 0.222 e. The van der Waals surface area contributed by atoms with Crippen molar-refractivity contribution in [3.05, 3.63) is 59.7 Å². The molecule has 0 fully saturated rings. The standard InChI is InChI=1S/C22H28N2O2S/c1-15(2)21(25)23-13-17-9-5-7-11-19(17)27-20-12-8-6-10-18(20)14-24-22(26)16(3)4/h5-12,15-16H,13-14H2,1-4H3,(H,23,25)(H,24,26). The predicted octanol–water partition coefficient (Wildman–Crippen LogP) is 4.38. The molecular formula is C22H28N2O2S. The Labute approximate surface area is 166 Å². The third-order valence-electron chi connectivity index (χ3n) is 4.12. The number of carbonyl (C=O) groups is 2. The third kappa shape index (κ3) is 6.43. The molecule has 2 rings (SSSR count). The van der Waals surface area contributed by atoms with Gasteiger partial charge in [0.05, 0.1) is 0 Å². The fraction of sp³-hybridized carbons (Fsp3) is 0.364. The van der Waals surface area contributed by atoms with Crippen LogP contribution >= 0.6 is 11.8 Å². The maximum atomic E-state index is 11.9. The minimum atomic E-state index is -0.0323. The fourth-order valence-corrected chi connectivity index (χ4v) is 3.46. The van der Waals surface area contributed by atoms with Crippen LogP contribution in [0.25, 0.3) is 0 Å². The van der Waals surface area contributed by atoms with Crippen molar-refractivity contribution >= 4 is 23.6 Å². The van der Waals surface area contributed by atoms with E-state index in [-0.39, 0.29) is 23.7 Å². The predicted molar refractivity (Wildman–Crippen MR) is 110 cm³/mol. The Kier molecular flexibility index (Phi) is 7.92. The molecular weight excluding hydrogens is 356 g/mol. The average molecular weight is 385 g/mol. The van der Waals surface area contributed by atoms with Crippen molar-refractivity contribution in [2.75, 3.05) is 0 Å². The highest BCUT2D eigenvalue weighted by Crippen LogP contribution is 2.32. The Morgan fingerprint density at radius 3 is 1.48 bits per heavy atom. The van der Waals surface area contributed by atoms with Crippen molar-refractivity contribution in [3.8, 4) is 0 Å². The lowest BCUT2D eigenvalue weighted by Gasteiger charge is -2.14. The van der Waals surface area contributed by atoms with E-state index < -0.39 is 0 Å². The largest absolute Gasteiger partial charge is 0.352 e. The molecule has 2 aromatic carbocycles. The summed E-state index contributed by atoms with van der Waals surface area (Å²) in [6, 6.07) is 16.2. The molecule has 0 saturated heterocycles. The lowest BCUT2D eigenvalue weighted by Crippen LogP contribution is -2.27. The first-order chi connectivity index (χ1) is 12.9. The van der Waals surface area contributed by atoms with E-state index >= 15 is 0 Å². The highest BCUT2D eigenvalue weighted by molar-refractivity contribution is 7.99. The first-order valence-electron chi connectivity index (χ1n) is 9.27. The summed E-state index contributed by atoms with van der Waals surface area (Å²) in [6.45, 7) is 8.56. The minimum Gasteiger partial charge on any atom is -0.352 e. The van der Waals surface area contributed by atoms with Gasteiger partial charge in [-0.1, -0.05) is 75.9 Å². The summed E-state index contributed by atoms with van der Waals surface area (Å²) in [5, 5.41) is 5.96. The van der Waals surface area contributed by atoms with Crippen molar-refractivity contribution in [1.82, 2.24) is 10.6 Å². The van der Waals surface area contributed by atoms with Crippen LogP contribution in [0, 0.1) is 11.8 Å². The molecule has 0 radical (unpaired) electrons. The Morgan fingerprint density at radius 2 is 1.11 bits per heavy atom. The summed E-state index contributed by atoms with van der Waals surface area (Å²) in [5.74, 6) is 0.0309. The molecule has 27 heavy (non-hydrogen) atoms. The van der Waals surface area contributed by atoms with Crippen molar-refractivity contribution in [2.24, 2.45) is 11.8 Å². The number of hydrogen-bond donors (Lipinski definition) is 2. The molecule has 2 N–H and O–H groups in total. The zero-order chi connectivity index (χ0) is 19.8. The minimum absolute atomic E-state index is 0.0323. The molecule has 5 heteroatoms. The van der Waals surface area contributed by atoms with Crippen LogP contribution in [0.3, 0.4) is 0 Å². The van der Waals surface area contributed by atoms with Crippen LogP contribution in [-0.4, -0.2) is 11.8 Å². The zero-order valence-corrected chi connectivity index (χ0v) is 17.2. The topological polar surface area (TPSA) is 58.2 Å². The highest BCUT2D eigenvalue weighted by atomic mass is 32.2. The number of nitrogens with one attached hydrogen (secondary N) is 2. The second-order valence-electron chi connectivity index (χ2n) is 7.06. The molecule has 4 nitrogen and oxygen atoms in total. The first kappa shape index (κ1) is 21.0. The second-order valence-corrected chi connectivity index (χ2v) is 8.15. The van der Waals surface area contributed by atoms with Crippen molar-refractivity contribution in [1.29, 1.82) is 0 Å². The number of rotatable bonds is 8. The Morgan fingerprint density at radius 1 is 0.741 bits per heavy atom. The van der Waals surface area contributed by atoms with E-state index in [2.05, 4.69) is 22.8 Å². The molecule has 0 aliphatic heterocycles. The van der Waals surface area contributed by atoms with Crippen molar-refractivity contribution < 1.29 is 9.59 Å². The Balaban J connectivity index is 2.13. The van der Waals surface area contributed by atoms with Gasteiger partial charge in [-0.05, 0) is 23.3 Å². The number of amides is 2. The quantitative estimate of drug-likeness (QED) is 0.710. The van der Waals surface area contributed by atoms with Crippen molar-refractivity contribution in [2.45, 2.75) is 50.6 Å². The van der Waals surface area contributed by atoms with Crippen LogP contribution in [0.5, 0.6) is 0 Å². The summed E-state index contributed by atoms with van der Waals surface area (Å²) in [7, 11) is 0. The molecule has 144 valence electrons. The van der Waals surface area contributed by atoms with Gasteiger partial charge >= 0.3 is 0 Å². The van der Waals surface area contributed by atoms with Crippen LogP contribution in [-0.2, 0) is 22.7 Å². The summed E-state index contributed by atoms with van der Waals surface area (Å²) < 4.78 is 0. The van der Waals surface area contributed by atoms with Crippen LogP contribution in [0.15, 0.2) is 58.3 Å². The monoisotopic (exact) mass is 384 g/mol. The molecule has 0 unspecified atom stereocenters. The average Bonchev–Trinajstić information content (AvgIpc) is 2.65. The smallest absolute Gasteiger partial charge is 0.222 e. The van der Waals surface area contributed by atoms with E-state index in [4.69, 9.17) is 0 Å². The second kappa shape index (κ2) is 10.2. The van der Waals surface area contributed by atoms with Gasteiger partial charge in [-0.25, -0.2) is 0 Å². The SMILES string of the molecule is CC(C)C(=O)NCc1ccccc1Sc1ccccc1CNC(=O)C(C)C. The lowest BCUT2D eigenvalue weighted by atomic mass is 10.2. The number of hydrogen-bond acceptors (Lipinski definition) is 3. The Bertz CT molecular complexity index is 722. The number of benzene rings is 2. The van der Waals surface area contributed by atoms with E-state index in [1.165, 1.54) is 0 Å². The van der Waals surface area contributed by atoms with E-state index in [1.807, 2.05) is 64.1 Å². The van der Waals surface area contributed by atoms with Gasteiger partial charge in [0.2, 0.25) is 11.8 Å².